The molecule has 0 aromatic carbocycles. The molecular weight excluding hydrogens is 292 g/mol. The number of fused-ring (bicyclic) bond motifs is 3. The molecule has 6 heteroatoms. The first-order valence-corrected chi connectivity index (χ1v) is 8.37. The lowest BCUT2D eigenvalue weighted by Gasteiger charge is -2.10. The zero-order chi connectivity index (χ0) is 14.1. The molecule has 20 heavy (non-hydrogen) atoms. The molecule has 2 aromatic rings. The van der Waals surface area contributed by atoms with Crippen LogP contribution in [0.3, 0.4) is 0 Å². The minimum atomic E-state index is -0.175. The Balaban J connectivity index is 1.90. The normalized spacial score (nSPS) is 15.3. The van der Waals surface area contributed by atoms with E-state index in [1.165, 1.54) is 29.4 Å². The van der Waals surface area contributed by atoms with Crippen LogP contribution in [-0.4, -0.2) is 28.3 Å². The molecule has 0 spiro atoms. The SMILES string of the molecule is COC(=O)CC(C)Sc1ncnc2sc3c(c12)CCC3. The highest BCUT2D eigenvalue weighted by Crippen LogP contribution is 2.41. The Morgan fingerprint density at radius 3 is 3.15 bits per heavy atom. The van der Waals surface area contributed by atoms with E-state index in [4.69, 9.17) is 4.74 Å². The van der Waals surface area contributed by atoms with Crippen molar-refractivity contribution in [2.24, 2.45) is 0 Å². The van der Waals surface area contributed by atoms with E-state index in [0.29, 0.717) is 6.42 Å². The summed E-state index contributed by atoms with van der Waals surface area (Å²) in [4.78, 5) is 22.7. The van der Waals surface area contributed by atoms with Gasteiger partial charge in [0.15, 0.2) is 0 Å². The molecule has 0 amide bonds. The predicted molar refractivity (Wildman–Crippen MR) is 81.4 cm³/mol. The molecular formula is C14H16N2O2S2. The van der Waals surface area contributed by atoms with Crippen LogP contribution < -0.4 is 0 Å². The molecule has 4 nitrogen and oxygen atoms in total. The third-order valence-corrected chi connectivity index (χ3v) is 5.76. The van der Waals surface area contributed by atoms with Gasteiger partial charge < -0.3 is 4.74 Å². The summed E-state index contributed by atoms with van der Waals surface area (Å²) in [6.07, 6.45) is 5.55. The van der Waals surface area contributed by atoms with E-state index in [-0.39, 0.29) is 11.2 Å². The van der Waals surface area contributed by atoms with Crippen LogP contribution in [0.25, 0.3) is 10.2 Å². The van der Waals surface area contributed by atoms with Gasteiger partial charge in [-0.3, -0.25) is 4.79 Å². The van der Waals surface area contributed by atoms with Gasteiger partial charge in [0.25, 0.3) is 0 Å². The van der Waals surface area contributed by atoms with E-state index in [1.54, 1.807) is 29.4 Å². The van der Waals surface area contributed by atoms with Crippen molar-refractivity contribution in [2.75, 3.05) is 7.11 Å². The first kappa shape index (κ1) is 13.8. The number of rotatable bonds is 4. The van der Waals surface area contributed by atoms with Crippen molar-refractivity contribution in [3.63, 3.8) is 0 Å². The number of thioether (sulfide) groups is 1. The van der Waals surface area contributed by atoms with E-state index in [1.807, 2.05) is 6.92 Å². The fourth-order valence-corrected chi connectivity index (χ4v) is 4.88. The fraction of sp³-hybridized carbons (Fsp3) is 0.500. The molecule has 0 saturated heterocycles. The molecule has 0 aliphatic heterocycles. The van der Waals surface area contributed by atoms with Crippen LogP contribution in [-0.2, 0) is 22.4 Å². The smallest absolute Gasteiger partial charge is 0.306 e. The Labute approximate surface area is 126 Å². The monoisotopic (exact) mass is 308 g/mol. The quantitative estimate of drug-likeness (QED) is 0.493. The maximum Gasteiger partial charge on any atom is 0.306 e. The summed E-state index contributed by atoms with van der Waals surface area (Å²) < 4.78 is 4.72. The minimum Gasteiger partial charge on any atom is -0.469 e. The molecule has 1 unspecified atom stereocenters. The van der Waals surface area contributed by atoms with Crippen LogP contribution in [0.5, 0.6) is 0 Å². The first-order valence-electron chi connectivity index (χ1n) is 6.67. The van der Waals surface area contributed by atoms with Crippen LogP contribution in [0.4, 0.5) is 0 Å². The van der Waals surface area contributed by atoms with Crippen molar-refractivity contribution in [2.45, 2.75) is 42.9 Å². The lowest BCUT2D eigenvalue weighted by molar-refractivity contribution is -0.140. The predicted octanol–water partition coefficient (Wildman–Crippen LogP) is 3.22. The van der Waals surface area contributed by atoms with Crippen molar-refractivity contribution in [3.8, 4) is 0 Å². The van der Waals surface area contributed by atoms with E-state index in [9.17, 15) is 4.79 Å². The summed E-state index contributed by atoms with van der Waals surface area (Å²) in [5.41, 5.74) is 1.43. The molecule has 1 aliphatic carbocycles. The van der Waals surface area contributed by atoms with Gasteiger partial charge >= 0.3 is 5.97 Å². The molecule has 3 rings (SSSR count). The molecule has 2 aromatic heterocycles. The number of nitrogens with zero attached hydrogens (tertiary/aromatic N) is 2. The molecule has 0 radical (unpaired) electrons. The van der Waals surface area contributed by atoms with Gasteiger partial charge in [0.1, 0.15) is 16.2 Å². The van der Waals surface area contributed by atoms with Gasteiger partial charge in [-0.15, -0.1) is 23.1 Å². The summed E-state index contributed by atoms with van der Waals surface area (Å²) in [6, 6.07) is 0. The third kappa shape index (κ3) is 2.54. The maximum absolute atomic E-state index is 11.3. The summed E-state index contributed by atoms with van der Waals surface area (Å²) in [5.74, 6) is -0.175. The minimum absolute atomic E-state index is 0.150. The van der Waals surface area contributed by atoms with E-state index in [0.717, 1.165) is 22.7 Å². The van der Waals surface area contributed by atoms with Gasteiger partial charge in [-0.25, -0.2) is 9.97 Å². The zero-order valence-corrected chi connectivity index (χ0v) is 13.1. The number of ether oxygens (including phenoxy) is 1. The number of esters is 1. The number of methoxy groups -OCH3 is 1. The van der Waals surface area contributed by atoms with Crippen LogP contribution in [0.2, 0.25) is 0 Å². The fourth-order valence-electron chi connectivity index (χ4n) is 2.54. The summed E-state index contributed by atoms with van der Waals surface area (Å²) in [6.45, 7) is 2.03. The molecule has 106 valence electrons. The number of hydrogen-bond acceptors (Lipinski definition) is 6. The van der Waals surface area contributed by atoms with E-state index < -0.39 is 0 Å². The van der Waals surface area contributed by atoms with Crippen LogP contribution in [0.15, 0.2) is 11.4 Å². The molecule has 0 bridgehead atoms. The lowest BCUT2D eigenvalue weighted by Crippen LogP contribution is -2.08. The lowest BCUT2D eigenvalue weighted by atomic mass is 10.2. The van der Waals surface area contributed by atoms with Gasteiger partial charge in [0.2, 0.25) is 0 Å². The van der Waals surface area contributed by atoms with Gasteiger partial charge in [-0.1, -0.05) is 6.92 Å². The Bertz CT molecular complexity index is 654. The number of carbonyl (C=O) groups excluding carboxylic acids is 1. The molecule has 0 fully saturated rings. The Kier molecular flexibility index (Phi) is 3.94. The summed E-state index contributed by atoms with van der Waals surface area (Å²) >= 11 is 3.43. The molecule has 2 heterocycles. The van der Waals surface area contributed by atoms with Gasteiger partial charge in [-0.05, 0) is 24.8 Å². The summed E-state index contributed by atoms with van der Waals surface area (Å²) in [7, 11) is 1.42. The van der Waals surface area contributed by atoms with Crippen molar-refractivity contribution in [1.29, 1.82) is 0 Å². The van der Waals surface area contributed by atoms with Gasteiger partial charge in [0, 0.05) is 15.5 Å². The average molecular weight is 308 g/mol. The molecule has 0 saturated carbocycles. The van der Waals surface area contributed by atoms with Crippen LogP contribution in [0, 0.1) is 0 Å². The second kappa shape index (κ2) is 5.69. The highest BCUT2D eigenvalue weighted by atomic mass is 32.2. The summed E-state index contributed by atoms with van der Waals surface area (Å²) in [5, 5.41) is 2.37. The van der Waals surface area contributed by atoms with Crippen molar-refractivity contribution in [3.05, 3.63) is 16.8 Å². The van der Waals surface area contributed by atoms with E-state index >= 15 is 0 Å². The Hall–Kier alpha value is -1.14. The van der Waals surface area contributed by atoms with E-state index in [2.05, 4.69) is 9.97 Å². The Morgan fingerprint density at radius 1 is 1.50 bits per heavy atom. The molecule has 0 N–H and O–H groups in total. The number of thiophene rings is 1. The van der Waals surface area contributed by atoms with Crippen LogP contribution in [0.1, 0.15) is 30.2 Å². The number of hydrogen-bond donors (Lipinski definition) is 0. The number of carbonyl (C=O) groups is 1. The van der Waals surface area contributed by atoms with Crippen molar-refractivity contribution in [1.82, 2.24) is 9.97 Å². The second-order valence-electron chi connectivity index (χ2n) is 4.93. The highest BCUT2D eigenvalue weighted by Gasteiger charge is 2.22. The van der Waals surface area contributed by atoms with Crippen molar-refractivity contribution >= 4 is 39.3 Å². The number of aryl methyl sites for hydroxylation is 2. The highest BCUT2D eigenvalue weighted by molar-refractivity contribution is 8.00. The average Bonchev–Trinajstić information content (AvgIpc) is 2.98. The standard InChI is InChI=1S/C14H16N2O2S2/c1-8(6-11(17)18-2)19-13-12-9-4-3-5-10(9)20-14(12)16-7-15-13/h7-8H,3-6H2,1-2H3. The largest absolute Gasteiger partial charge is 0.469 e. The molecule has 1 aliphatic rings. The zero-order valence-electron chi connectivity index (χ0n) is 11.5. The topological polar surface area (TPSA) is 52.1 Å². The second-order valence-corrected chi connectivity index (χ2v) is 7.44. The first-order chi connectivity index (χ1) is 9.69. The number of aromatic nitrogens is 2. The van der Waals surface area contributed by atoms with Crippen molar-refractivity contribution < 1.29 is 9.53 Å². The van der Waals surface area contributed by atoms with Gasteiger partial charge in [0.05, 0.1) is 13.5 Å². The molecule has 1 atom stereocenters. The third-order valence-electron chi connectivity index (χ3n) is 3.46. The van der Waals surface area contributed by atoms with Gasteiger partial charge in [-0.2, -0.15) is 0 Å². The Morgan fingerprint density at radius 2 is 2.35 bits per heavy atom. The maximum atomic E-state index is 11.3. The van der Waals surface area contributed by atoms with Crippen LogP contribution >= 0.6 is 23.1 Å².